The van der Waals surface area contributed by atoms with Gasteiger partial charge in [0, 0.05) is 23.9 Å². The molecule has 3 aromatic rings. The number of aromatic nitrogens is 3. The first-order valence-corrected chi connectivity index (χ1v) is 9.87. The summed E-state index contributed by atoms with van der Waals surface area (Å²) < 4.78 is 56.7. The molecule has 0 amide bonds. The molecule has 0 aliphatic rings. The van der Waals surface area contributed by atoms with E-state index in [4.69, 9.17) is 4.74 Å². The molecule has 0 aliphatic heterocycles. The first kappa shape index (κ1) is 19.8. The lowest BCUT2D eigenvalue weighted by atomic mass is 10.3. The van der Waals surface area contributed by atoms with E-state index in [1.54, 1.807) is 0 Å². The average molecular weight is 411 g/mol. The van der Waals surface area contributed by atoms with E-state index in [0.717, 1.165) is 23.0 Å². The monoisotopic (exact) mass is 411 g/mol. The summed E-state index contributed by atoms with van der Waals surface area (Å²) in [5.41, 5.74) is -0.816. The molecule has 1 aromatic carbocycles. The molecule has 0 saturated carbocycles. The van der Waals surface area contributed by atoms with Crippen LogP contribution < -0.4 is 10.3 Å². The summed E-state index contributed by atoms with van der Waals surface area (Å²) in [6.07, 6.45) is 1.11. The van der Waals surface area contributed by atoms with Crippen LogP contribution in [0.15, 0.2) is 40.4 Å². The van der Waals surface area contributed by atoms with Crippen LogP contribution in [-0.2, 0) is 16.4 Å². The number of ether oxygens (including phenoxy) is 1. The van der Waals surface area contributed by atoms with E-state index in [0.29, 0.717) is 6.07 Å². The zero-order chi connectivity index (χ0) is 20.6. The first-order valence-electron chi connectivity index (χ1n) is 7.98. The van der Waals surface area contributed by atoms with E-state index < -0.39 is 38.3 Å². The number of aliphatic hydroxyl groups is 1. The van der Waals surface area contributed by atoms with Crippen molar-refractivity contribution < 1.29 is 27.0 Å². The topological polar surface area (TPSA) is 111 Å². The summed E-state index contributed by atoms with van der Waals surface area (Å²) in [5.74, 6) is -2.52. The molecule has 8 nitrogen and oxygen atoms in total. The number of nitrogens with zero attached hydrogens (tertiary/aromatic N) is 3. The minimum Gasteiger partial charge on any atom is -0.448 e. The minimum absolute atomic E-state index is 0.0340. The van der Waals surface area contributed by atoms with Crippen LogP contribution in [0.1, 0.15) is 6.92 Å². The van der Waals surface area contributed by atoms with Gasteiger partial charge < -0.3 is 9.84 Å². The molecule has 0 spiro atoms. The Hall–Kier alpha value is -2.92. The molecule has 0 aliphatic carbocycles. The third-order valence-corrected chi connectivity index (χ3v) is 4.52. The van der Waals surface area contributed by atoms with Gasteiger partial charge in [0.2, 0.25) is 15.0 Å². The normalized spacial score (nSPS) is 12.9. The van der Waals surface area contributed by atoms with Crippen LogP contribution >= 0.6 is 0 Å². The molecule has 0 saturated heterocycles. The van der Waals surface area contributed by atoms with Gasteiger partial charge in [-0.2, -0.15) is 4.98 Å². The van der Waals surface area contributed by atoms with Crippen LogP contribution in [-0.4, -0.2) is 40.4 Å². The molecular formula is C17H15F2N3O5S. The van der Waals surface area contributed by atoms with Crippen LogP contribution in [0.25, 0.3) is 11.0 Å². The number of benzene rings is 1. The van der Waals surface area contributed by atoms with Crippen molar-refractivity contribution in [1.29, 1.82) is 0 Å². The number of aliphatic hydroxyl groups excluding tert-OH is 1. The molecule has 0 fully saturated rings. The molecule has 1 atom stereocenters. The third kappa shape index (κ3) is 3.99. The second kappa shape index (κ2) is 7.24. The van der Waals surface area contributed by atoms with E-state index in [-0.39, 0.29) is 29.1 Å². The Kier molecular flexibility index (Phi) is 5.13. The van der Waals surface area contributed by atoms with Crippen LogP contribution in [0.3, 0.4) is 0 Å². The number of sulfone groups is 1. The molecule has 11 heteroatoms. The van der Waals surface area contributed by atoms with Crippen molar-refractivity contribution in [1.82, 2.24) is 14.5 Å². The van der Waals surface area contributed by atoms with E-state index in [2.05, 4.69) is 9.97 Å². The van der Waals surface area contributed by atoms with Gasteiger partial charge in [0.25, 0.3) is 5.56 Å². The highest BCUT2D eigenvalue weighted by Gasteiger charge is 2.19. The fourth-order valence-electron chi connectivity index (χ4n) is 2.48. The SMILES string of the molecule is CC(O)Cn1c(=O)c(Oc2ccc(F)cc2F)cc2cnc(S(C)(=O)=O)nc21. The lowest BCUT2D eigenvalue weighted by Crippen LogP contribution is -2.27. The van der Waals surface area contributed by atoms with E-state index in [1.807, 2.05) is 0 Å². The fraction of sp³-hybridized carbons (Fsp3) is 0.235. The van der Waals surface area contributed by atoms with Crippen molar-refractivity contribution in [2.75, 3.05) is 6.26 Å². The van der Waals surface area contributed by atoms with E-state index in [1.165, 1.54) is 19.2 Å². The lowest BCUT2D eigenvalue weighted by molar-refractivity contribution is 0.173. The summed E-state index contributed by atoms with van der Waals surface area (Å²) in [4.78, 5) is 20.4. The van der Waals surface area contributed by atoms with Crippen LogP contribution in [0, 0.1) is 11.6 Å². The zero-order valence-electron chi connectivity index (χ0n) is 14.8. The van der Waals surface area contributed by atoms with Crippen molar-refractivity contribution in [3.8, 4) is 11.5 Å². The molecule has 2 heterocycles. The molecule has 0 bridgehead atoms. The second-order valence-corrected chi connectivity index (χ2v) is 8.06. The summed E-state index contributed by atoms with van der Waals surface area (Å²) in [7, 11) is -3.74. The highest BCUT2D eigenvalue weighted by Crippen LogP contribution is 2.25. The molecule has 148 valence electrons. The predicted molar refractivity (Wildman–Crippen MR) is 95.0 cm³/mol. The standard InChI is InChI=1S/C17H15F2N3O5S/c1-9(23)8-22-15-10(7-20-17(21-15)28(2,25)26)5-14(16(22)24)27-13-4-3-11(18)6-12(13)19/h3-7,9,23H,8H2,1-2H3. The van der Waals surface area contributed by atoms with Crippen molar-refractivity contribution in [2.45, 2.75) is 24.7 Å². The highest BCUT2D eigenvalue weighted by atomic mass is 32.2. The third-order valence-electron chi connectivity index (χ3n) is 3.66. The minimum atomic E-state index is -3.74. The Bertz CT molecular complexity index is 1230. The number of rotatable bonds is 5. The zero-order valence-corrected chi connectivity index (χ0v) is 15.6. The van der Waals surface area contributed by atoms with Gasteiger partial charge in [0.05, 0.1) is 12.6 Å². The molecule has 3 rings (SSSR count). The number of hydrogen-bond acceptors (Lipinski definition) is 7. The highest BCUT2D eigenvalue weighted by molar-refractivity contribution is 7.90. The largest absolute Gasteiger partial charge is 0.448 e. The van der Waals surface area contributed by atoms with Crippen molar-refractivity contribution in [3.05, 3.63) is 52.5 Å². The molecule has 1 N–H and O–H groups in total. The maximum atomic E-state index is 13.9. The molecule has 1 unspecified atom stereocenters. The van der Waals surface area contributed by atoms with Gasteiger partial charge in [0.15, 0.2) is 17.3 Å². The molecule has 0 radical (unpaired) electrons. The van der Waals surface area contributed by atoms with Gasteiger partial charge >= 0.3 is 0 Å². The summed E-state index contributed by atoms with van der Waals surface area (Å²) in [5, 5.41) is 9.45. The van der Waals surface area contributed by atoms with Crippen molar-refractivity contribution in [3.63, 3.8) is 0 Å². The first-order chi connectivity index (χ1) is 13.1. The van der Waals surface area contributed by atoms with Crippen LogP contribution in [0.4, 0.5) is 8.78 Å². The Morgan fingerprint density at radius 3 is 2.57 bits per heavy atom. The molecule has 2 aromatic heterocycles. The van der Waals surface area contributed by atoms with Crippen LogP contribution in [0.2, 0.25) is 0 Å². The maximum Gasteiger partial charge on any atom is 0.295 e. The number of pyridine rings is 1. The smallest absolute Gasteiger partial charge is 0.295 e. The quantitative estimate of drug-likeness (QED) is 0.636. The van der Waals surface area contributed by atoms with Gasteiger partial charge in [-0.15, -0.1) is 0 Å². The summed E-state index contributed by atoms with van der Waals surface area (Å²) >= 11 is 0. The summed E-state index contributed by atoms with van der Waals surface area (Å²) in [6.45, 7) is 1.20. The molecule has 28 heavy (non-hydrogen) atoms. The van der Waals surface area contributed by atoms with Crippen LogP contribution in [0.5, 0.6) is 11.5 Å². The Morgan fingerprint density at radius 2 is 1.96 bits per heavy atom. The van der Waals surface area contributed by atoms with Gasteiger partial charge in [-0.3, -0.25) is 9.36 Å². The van der Waals surface area contributed by atoms with E-state index in [9.17, 15) is 27.1 Å². The summed E-state index contributed by atoms with van der Waals surface area (Å²) in [6, 6.07) is 3.81. The van der Waals surface area contributed by atoms with Gasteiger partial charge in [0.1, 0.15) is 11.5 Å². The Labute approximate surface area is 158 Å². The Morgan fingerprint density at radius 1 is 1.25 bits per heavy atom. The van der Waals surface area contributed by atoms with Gasteiger partial charge in [-0.05, 0) is 25.1 Å². The Balaban J connectivity index is 2.22. The second-order valence-electron chi connectivity index (χ2n) is 6.15. The predicted octanol–water partition coefficient (Wildman–Crippen LogP) is 1.65. The number of fused-ring (bicyclic) bond motifs is 1. The average Bonchev–Trinajstić information content (AvgIpc) is 2.59. The number of hydrogen-bond donors (Lipinski definition) is 1. The van der Waals surface area contributed by atoms with Crippen molar-refractivity contribution >= 4 is 20.9 Å². The lowest BCUT2D eigenvalue weighted by Gasteiger charge is -2.14. The van der Waals surface area contributed by atoms with Crippen molar-refractivity contribution in [2.24, 2.45) is 0 Å². The van der Waals surface area contributed by atoms with Gasteiger partial charge in [-0.25, -0.2) is 22.2 Å². The fourth-order valence-corrected chi connectivity index (χ4v) is 2.97. The maximum absolute atomic E-state index is 13.9. The molecular weight excluding hydrogens is 396 g/mol. The number of halogens is 2. The van der Waals surface area contributed by atoms with Gasteiger partial charge in [-0.1, -0.05) is 0 Å². The van der Waals surface area contributed by atoms with E-state index >= 15 is 0 Å².